The van der Waals surface area contributed by atoms with E-state index < -0.39 is 6.03 Å². The normalized spacial score (nSPS) is 21.0. The van der Waals surface area contributed by atoms with Crippen molar-refractivity contribution in [3.63, 3.8) is 0 Å². The molecule has 3 rings (SSSR count). The van der Waals surface area contributed by atoms with Crippen molar-refractivity contribution in [3.8, 4) is 0 Å². The predicted octanol–water partition coefficient (Wildman–Crippen LogP) is 16.9. The molecule has 2 aliphatic carbocycles. The number of aromatic nitrogens is 2. The highest BCUT2D eigenvalue weighted by molar-refractivity contribution is 5.87. The van der Waals surface area contributed by atoms with Gasteiger partial charge >= 0.3 is 24.3 Å². The molecular weight excluding hydrogens is 1010 g/mol. The topological polar surface area (TPSA) is 202 Å². The SMILES string of the molecule is CCCCCCCCC(CCCCCC)COC(=O)NC1CC(C)(C)CC(C)(CNC(=O)Nc2nc(C)c(C)c(=O)[nH]2)C1.CCCCCCCCC(CCCCCC)COC(=O)NC1CC(C)(C)CC(C)(CNC(=O)OCCC)C1. The first-order valence-corrected chi connectivity index (χ1v) is 32.4. The van der Waals surface area contributed by atoms with E-state index in [1.807, 2.05) is 6.92 Å². The van der Waals surface area contributed by atoms with Crippen LogP contribution in [0, 0.1) is 47.3 Å². The van der Waals surface area contributed by atoms with Crippen LogP contribution in [0.2, 0.25) is 0 Å². The maximum Gasteiger partial charge on any atom is 0.407 e. The zero-order valence-electron chi connectivity index (χ0n) is 53.5. The van der Waals surface area contributed by atoms with E-state index in [-0.39, 0.29) is 63.5 Å². The molecule has 464 valence electrons. The summed E-state index contributed by atoms with van der Waals surface area (Å²) in [5, 5.41) is 14.9. The Bertz CT molecular complexity index is 1940. The molecule has 0 saturated heterocycles. The van der Waals surface area contributed by atoms with Crippen molar-refractivity contribution in [1.29, 1.82) is 0 Å². The van der Waals surface area contributed by atoms with Gasteiger partial charge in [0.2, 0.25) is 5.95 Å². The number of hydrogen-bond donors (Lipinski definition) is 6. The molecule has 6 atom stereocenters. The zero-order valence-corrected chi connectivity index (χ0v) is 53.5. The van der Waals surface area contributed by atoms with Crippen LogP contribution in [0.1, 0.15) is 286 Å². The Balaban J connectivity index is 0.000000553. The summed E-state index contributed by atoms with van der Waals surface area (Å²) in [6.07, 6.45) is 35.0. The van der Waals surface area contributed by atoms with Crippen molar-refractivity contribution in [2.24, 2.45) is 33.5 Å². The molecule has 2 aliphatic rings. The third kappa shape index (κ3) is 32.6. The number of ether oxygens (including phenoxy) is 3. The molecule has 2 fully saturated rings. The molecule has 0 radical (unpaired) electrons. The molecule has 1 heterocycles. The van der Waals surface area contributed by atoms with Crippen molar-refractivity contribution < 1.29 is 33.4 Å². The lowest BCUT2D eigenvalue weighted by molar-refractivity contribution is 0.0595. The minimum Gasteiger partial charge on any atom is -0.450 e. The number of aromatic amines is 1. The van der Waals surface area contributed by atoms with Gasteiger partial charge in [-0.15, -0.1) is 0 Å². The molecular formula is C65H121N7O8. The number of hydrogen-bond acceptors (Lipinski definition) is 9. The number of carbonyl (C=O) groups excluding carboxylic acids is 4. The molecule has 6 unspecified atom stereocenters. The maximum absolute atomic E-state index is 13.0. The largest absolute Gasteiger partial charge is 0.450 e. The number of urea groups is 1. The lowest BCUT2D eigenvalue weighted by Gasteiger charge is -2.46. The fourth-order valence-electron chi connectivity index (χ4n) is 13.0. The second-order valence-corrected chi connectivity index (χ2v) is 27.0. The molecule has 0 spiro atoms. The number of nitrogens with zero attached hydrogens (tertiary/aromatic N) is 1. The van der Waals surface area contributed by atoms with Gasteiger partial charge in [0.25, 0.3) is 5.56 Å². The summed E-state index contributed by atoms with van der Waals surface area (Å²) >= 11 is 0. The highest BCUT2D eigenvalue weighted by Gasteiger charge is 2.43. The number of aryl methyl sites for hydroxylation is 1. The number of alkyl carbamates (subject to hydrolysis) is 3. The number of H-pyrrole nitrogens is 1. The molecule has 5 amide bonds. The highest BCUT2D eigenvalue weighted by atomic mass is 16.6. The summed E-state index contributed by atoms with van der Waals surface area (Å²) in [7, 11) is 0. The third-order valence-electron chi connectivity index (χ3n) is 16.7. The predicted molar refractivity (Wildman–Crippen MR) is 330 cm³/mol. The van der Waals surface area contributed by atoms with Gasteiger partial charge in [0.15, 0.2) is 0 Å². The summed E-state index contributed by atoms with van der Waals surface area (Å²) in [6, 6.07) is -0.419. The summed E-state index contributed by atoms with van der Waals surface area (Å²) in [5.41, 5.74) is 0.565. The average Bonchev–Trinajstić information content (AvgIpc) is 3.37. The second kappa shape index (κ2) is 39.4. The van der Waals surface area contributed by atoms with Crippen molar-refractivity contribution in [2.45, 2.75) is 301 Å². The average molecular weight is 1130 g/mol. The monoisotopic (exact) mass is 1130 g/mol. The fourth-order valence-corrected chi connectivity index (χ4v) is 13.0. The van der Waals surface area contributed by atoms with Gasteiger partial charge < -0.3 is 35.5 Å². The Morgan fingerprint density at radius 3 is 1.31 bits per heavy atom. The van der Waals surface area contributed by atoms with E-state index in [2.05, 4.69) is 106 Å². The van der Waals surface area contributed by atoms with E-state index in [0.29, 0.717) is 56.0 Å². The van der Waals surface area contributed by atoms with Gasteiger partial charge in [-0.1, -0.05) is 205 Å². The van der Waals surface area contributed by atoms with Crippen LogP contribution in [0.3, 0.4) is 0 Å². The molecule has 0 aliphatic heterocycles. The molecule has 1 aromatic rings. The van der Waals surface area contributed by atoms with E-state index in [1.54, 1.807) is 13.8 Å². The summed E-state index contributed by atoms with van der Waals surface area (Å²) in [6.45, 7) is 30.1. The Hall–Kier alpha value is -4.04. The number of nitrogens with one attached hydrogen (secondary N) is 6. The van der Waals surface area contributed by atoms with Crippen LogP contribution in [-0.4, -0.2) is 79.3 Å². The van der Waals surface area contributed by atoms with Gasteiger partial charge in [-0.05, 0) is 118 Å². The highest BCUT2D eigenvalue weighted by Crippen LogP contribution is 2.47. The van der Waals surface area contributed by atoms with Gasteiger partial charge in [0.05, 0.1) is 19.8 Å². The van der Waals surface area contributed by atoms with Gasteiger partial charge in [0.1, 0.15) is 0 Å². The van der Waals surface area contributed by atoms with Crippen LogP contribution in [0.4, 0.5) is 25.1 Å². The van der Waals surface area contributed by atoms with Crippen molar-refractivity contribution in [1.82, 2.24) is 31.2 Å². The smallest absolute Gasteiger partial charge is 0.407 e. The Kier molecular flexibility index (Phi) is 35.5. The molecule has 2 saturated carbocycles. The van der Waals surface area contributed by atoms with Crippen molar-refractivity contribution in [2.75, 3.05) is 38.2 Å². The van der Waals surface area contributed by atoms with Crippen LogP contribution >= 0.6 is 0 Å². The van der Waals surface area contributed by atoms with E-state index >= 15 is 0 Å². The van der Waals surface area contributed by atoms with Gasteiger partial charge in [0, 0.05) is 36.4 Å². The fraction of sp³-hybridized carbons (Fsp3) is 0.877. The van der Waals surface area contributed by atoms with Crippen LogP contribution in [0.5, 0.6) is 0 Å². The first kappa shape index (κ1) is 72.1. The van der Waals surface area contributed by atoms with Crippen molar-refractivity contribution in [3.05, 3.63) is 21.6 Å². The van der Waals surface area contributed by atoms with Gasteiger partial charge in [-0.25, -0.2) is 24.2 Å². The molecule has 15 heteroatoms. The standard InChI is InChI=1S/C34H61N5O4.C31H60N2O4/c1-8-10-12-14-15-17-19-27(18-16-13-11-9-2)22-43-32(42)37-28-20-33(5,6)23-34(7,21-28)24-35-31(41)39-30-36-26(4)25(3)29(40)38-30;1-7-10-12-14-15-17-19-26(18-16-13-11-8-2)23-37-29(35)33-27-21-30(4,5)24-31(6,22-27)25-32-28(34)36-20-9-3/h27-28H,8-24H2,1-7H3,(H,37,42)(H3,35,36,38,39,40,41);26-27H,7-25H2,1-6H3,(H,32,34)(H,33,35). The van der Waals surface area contributed by atoms with E-state index in [4.69, 9.17) is 14.2 Å². The zero-order chi connectivity index (χ0) is 59.5. The van der Waals surface area contributed by atoms with E-state index in [1.165, 1.54) is 128 Å². The summed E-state index contributed by atoms with van der Waals surface area (Å²) in [4.78, 5) is 69.3. The Labute approximate surface area is 487 Å². The first-order chi connectivity index (χ1) is 38.0. The number of rotatable bonds is 37. The lowest BCUT2D eigenvalue weighted by atomic mass is 9.62. The number of amides is 5. The van der Waals surface area contributed by atoms with Crippen LogP contribution < -0.4 is 32.1 Å². The summed E-state index contributed by atoms with van der Waals surface area (Å²) < 4.78 is 16.8. The van der Waals surface area contributed by atoms with Crippen molar-refractivity contribution >= 4 is 30.3 Å². The number of unbranched alkanes of at least 4 members (excludes halogenated alkanes) is 16. The molecule has 1 aromatic heterocycles. The minimum atomic E-state index is -0.421. The second-order valence-electron chi connectivity index (χ2n) is 27.0. The Morgan fingerprint density at radius 2 is 0.912 bits per heavy atom. The number of anilines is 1. The molecule has 80 heavy (non-hydrogen) atoms. The molecule has 6 N–H and O–H groups in total. The quantitative estimate of drug-likeness (QED) is 0.0277. The lowest BCUT2D eigenvalue weighted by Crippen LogP contribution is -2.51. The Morgan fingerprint density at radius 1 is 0.525 bits per heavy atom. The summed E-state index contributed by atoms with van der Waals surface area (Å²) in [5.74, 6) is 1.01. The minimum absolute atomic E-state index is 0.0104. The third-order valence-corrected chi connectivity index (χ3v) is 16.7. The van der Waals surface area contributed by atoms with Crippen LogP contribution in [0.15, 0.2) is 4.79 Å². The van der Waals surface area contributed by atoms with Gasteiger partial charge in [-0.2, -0.15) is 0 Å². The van der Waals surface area contributed by atoms with E-state index in [9.17, 15) is 24.0 Å². The molecule has 0 bridgehead atoms. The van der Waals surface area contributed by atoms with E-state index in [0.717, 1.165) is 70.6 Å². The first-order valence-electron chi connectivity index (χ1n) is 32.4. The van der Waals surface area contributed by atoms with Crippen LogP contribution in [0.25, 0.3) is 0 Å². The van der Waals surface area contributed by atoms with Gasteiger partial charge in [-0.3, -0.25) is 15.1 Å². The maximum atomic E-state index is 13.0. The molecule has 15 nitrogen and oxygen atoms in total. The van der Waals surface area contributed by atoms with Crippen LogP contribution in [-0.2, 0) is 14.2 Å². The molecule has 0 aromatic carbocycles. The number of carbonyl (C=O) groups is 4.